The zero-order valence-corrected chi connectivity index (χ0v) is 11.5. The number of hydrogen-bond acceptors (Lipinski definition) is 6. The Morgan fingerprint density at radius 3 is 3.06 bits per heavy atom. The summed E-state index contributed by atoms with van der Waals surface area (Å²) < 4.78 is 9.36. The van der Waals surface area contributed by atoms with Crippen LogP contribution >= 0.6 is 11.5 Å². The van der Waals surface area contributed by atoms with E-state index in [1.54, 1.807) is 7.11 Å². The molecule has 1 aromatic heterocycles. The summed E-state index contributed by atoms with van der Waals surface area (Å²) in [5.74, 6) is 1.91. The molecule has 0 amide bonds. The fraction of sp³-hybridized carbons (Fsp3) is 0.750. The van der Waals surface area contributed by atoms with E-state index in [-0.39, 0.29) is 0 Å². The minimum absolute atomic E-state index is 0.482. The summed E-state index contributed by atoms with van der Waals surface area (Å²) in [7, 11) is 1.63. The van der Waals surface area contributed by atoms with Crippen molar-refractivity contribution in [3.8, 4) is 5.75 Å². The van der Waals surface area contributed by atoms with Gasteiger partial charge in [-0.05, 0) is 43.3 Å². The topological polar surface area (TPSA) is 63.4 Å². The fourth-order valence-corrected chi connectivity index (χ4v) is 3.33. The van der Waals surface area contributed by atoms with Crippen molar-refractivity contribution in [1.29, 1.82) is 0 Å². The van der Waals surface area contributed by atoms with Crippen molar-refractivity contribution in [3.05, 3.63) is 0 Å². The van der Waals surface area contributed by atoms with Crippen LogP contribution in [0.1, 0.15) is 19.3 Å². The first-order valence-electron chi connectivity index (χ1n) is 6.55. The monoisotopic (exact) mass is 268 g/mol. The van der Waals surface area contributed by atoms with Crippen LogP contribution in [0.2, 0.25) is 0 Å². The SMILES string of the molecule is COc1c(N)nsc1NCC1CCN(C2CC2)C1. The highest BCUT2D eigenvalue weighted by atomic mass is 32.1. The van der Waals surface area contributed by atoms with E-state index in [0.29, 0.717) is 11.6 Å². The number of nitrogens with two attached hydrogens (primary N) is 1. The molecule has 1 atom stereocenters. The van der Waals surface area contributed by atoms with E-state index in [1.165, 1.54) is 43.9 Å². The highest BCUT2D eigenvalue weighted by molar-refractivity contribution is 7.11. The van der Waals surface area contributed by atoms with Crippen molar-refractivity contribution >= 4 is 22.4 Å². The summed E-state index contributed by atoms with van der Waals surface area (Å²) in [6, 6.07) is 0.892. The Balaban J connectivity index is 1.51. The van der Waals surface area contributed by atoms with E-state index in [0.717, 1.165) is 23.5 Å². The van der Waals surface area contributed by atoms with E-state index < -0.39 is 0 Å². The number of ether oxygens (including phenoxy) is 1. The lowest BCUT2D eigenvalue weighted by molar-refractivity contribution is 0.316. The molecule has 2 aliphatic rings. The minimum Gasteiger partial charge on any atom is -0.490 e. The number of aromatic nitrogens is 1. The maximum Gasteiger partial charge on any atom is 0.197 e. The normalized spacial score (nSPS) is 24.4. The second kappa shape index (κ2) is 4.93. The van der Waals surface area contributed by atoms with Crippen molar-refractivity contribution in [2.45, 2.75) is 25.3 Å². The number of likely N-dealkylation sites (tertiary alicyclic amines) is 1. The lowest BCUT2D eigenvalue weighted by Gasteiger charge is -2.15. The average molecular weight is 268 g/mol. The Labute approximate surface area is 111 Å². The molecule has 1 saturated heterocycles. The smallest absolute Gasteiger partial charge is 0.197 e. The zero-order valence-electron chi connectivity index (χ0n) is 10.7. The number of nitrogen functional groups attached to an aromatic ring is 1. The van der Waals surface area contributed by atoms with Gasteiger partial charge in [-0.1, -0.05) is 0 Å². The summed E-state index contributed by atoms with van der Waals surface area (Å²) in [5.41, 5.74) is 5.73. The molecule has 1 aliphatic heterocycles. The Morgan fingerprint density at radius 2 is 2.33 bits per heavy atom. The molecule has 3 N–H and O–H groups in total. The van der Waals surface area contributed by atoms with Gasteiger partial charge < -0.3 is 20.7 Å². The van der Waals surface area contributed by atoms with E-state index in [1.807, 2.05) is 0 Å². The van der Waals surface area contributed by atoms with Gasteiger partial charge in [0.15, 0.2) is 16.6 Å². The van der Waals surface area contributed by atoms with E-state index in [2.05, 4.69) is 14.6 Å². The summed E-state index contributed by atoms with van der Waals surface area (Å²) >= 11 is 1.38. The number of hydrogen-bond donors (Lipinski definition) is 2. The van der Waals surface area contributed by atoms with Gasteiger partial charge in [-0.25, -0.2) is 0 Å². The van der Waals surface area contributed by atoms with Gasteiger partial charge in [0, 0.05) is 19.1 Å². The molecular formula is C12H20N4OS. The lowest BCUT2D eigenvalue weighted by Crippen LogP contribution is -2.24. The first kappa shape index (κ1) is 12.0. The highest BCUT2D eigenvalue weighted by Crippen LogP contribution is 2.36. The third-order valence-corrected chi connectivity index (χ3v) is 4.61. The van der Waals surface area contributed by atoms with Crippen LogP contribution in [-0.4, -0.2) is 42.1 Å². The third kappa shape index (κ3) is 2.40. The predicted molar refractivity (Wildman–Crippen MR) is 74.3 cm³/mol. The van der Waals surface area contributed by atoms with E-state index in [9.17, 15) is 0 Å². The molecule has 2 fully saturated rings. The molecule has 0 spiro atoms. The van der Waals surface area contributed by atoms with Crippen LogP contribution in [0.15, 0.2) is 0 Å². The van der Waals surface area contributed by atoms with Gasteiger partial charge in [0.1, 0.15) is 0 Å². The molecule has 2 heterocycles. The molecule has 1 aliphatic carbocycles. The highest BCUT2D eigenvalue weighted by Gasteiger charge is 2.34. The van der Waals surface area contributed by atoms with Crippen molar-refractivity contribution in [2.75, 3.05) is 37.8 Å². The van der Waals surface area contributed by atoms with Gasteiger partial charge in [-0.3, -0.25) is 0 Å². The van der Waals surface area contributed by atoms with Crippen LogP contribution in [0, 0.1) is 5.92 Å². The maximum absolute atomic E-state index is 5.73. The summed E-state index contributed by atoms with van der Waals surface area (Å²) in [5, 5.41) is 4.39. The number of rotatable bonds is 5. The number of nitrogens with zero attached hydrogens (tertiary/aromatic N) is 2. The predicted octanol–water partition coefficient (Wildman–Crippen LogP) is 1.63. The maximum atomic E-state index is 5.73. The Hall–Kier alpha value is -1.01. The molecule has 1 unspecified atom stereocenters. The average Bonchev–Trinajstić information content (AvgIpc) is 3.01. The summed E-state index contributed by atoms with van der Waals surface area (Å²) in [6.45, 7) is 3.48. The van der Waals surface area contributed by atoms with Gasteiger partial charge in [0.2, 0.25) is 0 Å². The van der Waals surface area contributed by atoms with Crippen LogP contribution in [0.4, 0.5) is 10.8 Å². The standard InChI is InChI=1S/C12H20N4OS/c1-17-10-11(13)15-18-12(10)14-6-8-4-5-16(7-8)9-2-3-9/h8-9,14H,2-7H2,1H3,(H2,13,15). The Morgan fingerprint density at radius 1 is 1.50 bits per heavy atom. The van der Waals surface area contributed by atoms with Crippen molar-refractivity contribution in [2.24, 2.45) is 5.92 Å². The third-order valence-electron chi connectivity index (χ3n) is 3.81. The number of methoxy groups -OCH3 is 1. The van der Waals surface area contributed by atoms with Gasteiger partial charge in [0.25, 0.3) is 0 Å². The molecule has 5 nitrogen and oxygen atoms in total. The van der Waals surface area contributed by atoms with Gasteiger partial charge in [0.05, 0.1) is 7.11 Å². The quantitative estimate of drug-likeness (QED) is 0.850. The van der Waals surface area contributed by atoms with Gasteiger partial charge in [-0.2, -0.15) is 4.37 Å². The van der Waals surface area contributed by atoms with Crippen LogP contribution in [0.25, 0.3) is 0 Å². The lowest BCUT2D eigenvalue weighted by atomic mass is 10.1. The van der Waals surface area contributed by atoms with Crippen molar-refractivity contribution in [1.82, 2.24) is 9.27 Å². The molecule has 0 aromatic carbocycles. The second-order valence-electron chi connectivity index (χ2n) is 5.19. The van der Waals surface area contributed by atoms with Gasteiger partial charge >= 0.3 is 0 Å². The molecule has 18 heavy (non-hydrogen) atoms. The number of anilines is 2. The largest absolute Gasteiger partial charge is 0.490 e. The molecule has 0 bridgehead atoms. The fourth-order valence-electron chi connectivity index (χ4n) is 2.64. The van der Waals surface area contributed by atoms with Crippen molar-refractivity contribution < 1.29 is 4.74 Å². The Bertz CT molecular complexity index is 418. The molecule has 100 valence electrons. The second-order valence-corrected chi connectivity index (χ2v) is 5.97. The zero-order chi connectivity index (χ0) is 12.5. The van der Waals surface area contributed by atoms with E-state index >= 15 is 0 Å². The molecular weight excluding hydrogens is 248 g/mol. The number of nitrogens with one attached hydrogen (secondary N) is 1. The van der Waals surface area contributed by atoms with Crippen LogP contribution < -0.4 is 15.8 Å². The molecule has 1 saturated carbocycles. The molecule has 0 radical (unpaired) electrons. The van der Waals surface area contributed by atoms with Crippen LogP contribution in [0.5, 0.6) is 5.75 Å². The summed E-state index contributed by atoms with van der Waals surface area (Å²) in [6.07, 6.45) is 4.10. The van der Waals surface area contributed by atoms with Gasteiger partial charge in [-0.15, -0.1) is 0 Å². The minimum atomic E-state index is 0.482. The first-order valence-corrected chi connectivity index (χ1v) is 7.32. The van der Waals surface area contributed by atoms with Crippen LogP contribution in [0.3, 0.4) is 0 Å². The first-order chi connectivity index (χ1) is 8.78. The molecule has 6 heteroatoms. The van der Waals surface area contributed by atoms with Crippen molar-refractivity contribution in [3.63, 3.8) is 0 Å². The summed E-state index contributed by atoms with van der Waals surface area (Å²) in [4.78, 5) is 2.63. The molecule has 1 aromatic rings. The van der Waals surface area contributed by atoms with Crippen LogP contribution in [-0.2, 0) is 0 Å². The molecule has 3 rings (SSSR count). The Kier molecular flexibility index (Phi) is 3.30. The van der Waals surface area contributed by atoms with E-state index in [4.69, 9.17) is 10.5 Å².